The van der Waals surface area contributed by atoms with Crippen LogP contribution in [0.3, 0.4) is 0 Å². The molecule has 5 heterocycles. The van der Waals surface area contributed by atoms with Gasteiger partial charge in [-0.05, 0) is 120 Å². The number of ether oxygens (including phenoxy) is 3. The molecule has 0 spiro atoms. The first-order chi connectivity index (χ1) is 34.3. The number of aliphatic hydroxyl groups is 1. The molecule has 2 N–H and O–H groups in total. The Morgan fingerprint density at radius 2 is 1.61 bits per heavy atom. The van der Waals surface area contributed by atoms with Crippen molar-refractivity contribution in [3.8, 4) is 23.3 Å². The van der Waals surface area contributed by atoms with Gasteiger partial charge >= 0.3 is 6.18 Å². The van der Waals surface area contributed by atoms with Crippen molar-refractivity contribution in [1.29, 1.82) is 5.26 Å². The van der Waals surface area contributed by atoms with Gasteiger partial charge in [0, 0.05) is 50.7 Å². The molecule has 3 amide bonds. The number of aryl methyl sites for hydroxylation is 1. The second kappa shape index (κ2) is 22.7. The fourth-order valence-corrected chi connectivity index (χ4v) is 9.36. The lowest BCUT2D eigenvalue weighted by Gasteiger charge is -2.30. The topological polar surface area (TPSA) is 193 Å². The van der Waals surface area contributed by atoms with Gasteiger partial charge in [-0.2, -0.15) is 23.5 Å². The van der Waals surface area contributed by atoms with Crippen molar-refractivity contribution in [2.24, 2.45) is 5.92 Å². The van der Waals surface area contributed by atoms with Gasteiger partial charge in [-0.1, -0.05) is 13.8 Å². The number of nitrogens with one attached hydrogen (secondary N) is 1. The van der Waals surface area contributed by atoms with Crippen molar-refractivity contribution in [2.45, 2.75) is 110 Å². The second-order valence-corrected chi connectivity index (χ2v) is 19.0. The molecule has 2 aliphatic heterocycles. The summed E-state index contributed by atoms with van der Waals surface area (Å²) >= 11 is 5.63. The number of β-amino-alcohol motifs (C(OH)–C–C–N with tert-alkyl or cyclic N) is 1. The fraction of sp³-hybridized carbons (Fsp3) is 0.451. The van der Waals surface area contributed by atoms with Gasteiger partial charge in [0.05, 0.1) is 78.2 Å². The molecule has 4 atom stereocenters. The summed E-state index contributed by atoms with van der Waals surface area (Å²) in [5.41, 5.74) is -0.935. The largest absolute Gasteiger partial charge is 0.494 e. The van der Waals surface area contributed by atoms with E-state index in [0.29, 0.717) is 55.7 Å². The van der Waals surface area contributed by atoms with Crippen molar-refractivity contribution in [2.75, 3.05) is 42.8 Å². The Kier molecular flexibility index (Phi) is 16.7. The lowest BCUT2D eigenvalue weighted by atomic mass is 10.0. The number of amides is 3. The highest BCUT2D eigenvalue weighted by Gasteiger charge is 2.51. The van der Waals surface area contributed by atoms with Gasteiger partial charge in [0.25, 0.3) is 5.91 Å². The standard InChI is InChI=1S/C51H59F3N10O7S/c1-32(2)45(47(67)61-30-39(65)26-44(61)46(66)59-33(3)43-18-15-38(28-57-43)60-20-19-56-34(60)4)62-31-41(29-58-62)71-24-10-22-69-21-8-7-9-23-70-40-16-13-36(14-17-40)64-49(72)63(48(68)50(64,5)6)37-12-11-35(27-55)42(25-37)51(52,53)54/h11-20,25,28-29,31-33,39,44-45,65H,7-10,21-24,26,30H2,1-6H3,(H,59,66)/t33-,39+,44-,45?/m0/s1. The Balaban J connectivity index is 0.796. The van der Waals surface area contributed by atoms with E-state index in [0.717, 1.165) is 47.8 Å². The number of likely N-dealkylation sites (tertiary alicyclic amines) is 1. The van der Waals surface area contributed by atoms with Crippen LogP contribution in [0, 0.1) is 24.2 Å². The van der Waals surface area contributed by atoms with E-state index in [9.17, 15) is 37.9 Å². The number of imidazole rings is 1. The third-order valence-corrected chi connectivity index (χ3v) is 13.0. The van der Waals surface area contributed by atoms with E-state index in [-0.39, 0.29) is 41.5 Å². The van der Waals surface area contributed by atoms with Gasteiger partial charge < -0.3 is 39.0 Å². The number of aromatic nitrogens is 5. The maximum absolute atomic E-state index is 14.1. The Morgan fingerprint density at radius 1 is 0.931 bits per heavy atom. The minimum Gasteiger partial charge on any atom is -0.494 e. The number of benzene rings is 2. The number of rotatable bonds is 21. The highest BCUT2D eigenvalue weighted by molar-refractivity contribution is 7.81. The van der Waals surface area contributed by atoms with Gasteiger partial charge in [-0.15, -0.1) is 0 Å². The third-order valence-electron chi connectivity index (χ3n) is 12.6. The zero-order chi connectivity index (χ0) is 51.9. The van der Waals surface area contributed by atoms with Crippen molar-refractivity contribution < 1.29 is 46.9 Å². The molecule has 21 heteroatoms. The predicted molar refractivity (Wildman–Crippen MR) is 264 cm³/mol. The average Bonchev–Trinajstić information content (AvgIpc) is 4.13. The number of nitriles is 1. The number of halogens is 3. The summed E-state index contributed by atoms with van der Waals surface area (Å²) < 4.78 is 62.3. The van der Waals surface area contributed by atoms with Crippen LogP contribution in [0.4, 0.5) is 24.5 Å². The number of hydrogen-bond donors (Lipinski definition) is 2. The maximum Gasteiger partial charge on any atom is 0.417 e. The molecule has 5 aromatic rings. The van der Waals surface area contributed by atoms with Crippen LogP contribution in [-0.4, -0.2) is 108 Å². The number of carbonyl (C=O) groups excluding carboxylic acids is 3. The second-order valence-electron chi connectivity index (χ2n) is 18.6. The summed E-state index contributed by atoms with van der Waals surface area (Å²) in [6, 6.07) is 13.3. The summed E-state index contributed by atoms with van der Waals surface area (Å²) in [5.74, 6) is 0.519. The molecule has 3 aromatic heterocycles. The number of thiocarbonyl (C=S) groups is 1. The molecule has 2 aliphatic rings. The molecule has 1 unspecified atom stereocenters. The zero-order valence-electron chi connectivity index (χ0n) is 41.0. The third kappa shape index (κ3) is 11.9. The minimum atomic E-state index is -4.79. The highest BCUT2D eigenvalue weighted by Crippen LogP contribution is 2.40. The van der Waals surface area contributed by atoms with Crippen LogP contribution in [-0.2, 0) is 25.3 Å². The number of anilines is 2. The highest BCUT2D eigenvalue weighted by atomic mass is 32.1. The summed E-state index contributed by atoms with van der Waals surface area (Å²) in [6.45, 7) is 12.7. The summed E-state index contributed by atoms with van der Waals surface area (Å²) in [7, 11) is 0. The first kappa shape index (κ1) is 52.9. The SMILES string of the molecule is Cc1nccn1-c1ccc([C@H](C)NC(=O)[C@@H]2C[C@@H](O)CN2C(=O)C(C(C)C)n2cc(OCCCOCCCCCOc3ccc(N4C(=S)N(c5ccc(C#N)c(C(F)(F)F)c5)C(=O)C4(C)C)cc3)cn2)nc1. The predicted octanol–water partition coefficient (Wildman–Crippen LogP) is 7.65. The smallest absolute Gasteiger partial charge is 0.417 e. The van der Waals surface area contributed by atoms with Gasteiger partial charge in [0.15, 0.2) is 10.9 Å². The molecule has 2 aromatic carbocycles. The number of pyridine rings is 1. The van der Waals surface area contributed by atoms with E-state index < -0.39 is 53.0 Å². The Hall–Kier alpha value is -6.89. The normalized spacial score (nSPS) is 17.6. The molecule has 0 radical (unpaired) electrons. The molecule has 382 valence electrons. The number of hydrogen-bond acceptors (Lipinski definition) is 12. The molecule has 17 nitrogen and oxygen atoms in total. The Labute approximate surface area is 421 Å². The van der Waals surface area contributed by atoms with Crippen molar-refractivity contribution in [3.63, 3.8) is 0 Å². The first-order valence-corrected chi connectivity index (χ1v) is 24.2. The van der Waals surface area contributed by atoms with Gasteiger partial charge in [-0.25, -0.2) is 4.98 Å². The molecule has 2 fully saturated rings. The molecule has 2 saturated heterocycles. The number of unbranched alkanes of at least 4 members (excludes halogenated alkanes) is 2. The fourth-order valence-electron chi connectivity index (χ4n) is 8.83. The Bertz CT molecular complexity index is 2760. The number of aliphatic hydroxyl groups excluding tert-OH is 1. The molecule has 0 bridgehead atoms. The minimum absolute atomic E-state index is 0.00811. The summed E-state index contributed by atoms with van der Waals surface area (Å²) in [5, 5.41) is 27.3. The molecule has 7 rings (SSSR count). The molecular formula is C51H59F3N10O7S. The lowest BCUT2D eigenvalue weighted by molar-refractivity contribution is -0.142. The number of nitrogens with zero attached hydrogens (tertiary/aromatic N) is 9. The monoisotopic (exact) mass is 1010 g/mol. The first-order valence-electron chi connectivity index (χ1n) is 23.8. The van der Waals surface area contributed by atoms with Crippen LogP contribution in [0.15, 0.2) is 85.6 Å². The van der Waals surface area contributed by atoms with Crippen molar-refractivity contribution in [3.05, 3.63) is 108 Å². The number of alkyl halides is 3. The van der Waals surface area contributed by atoms with Gasteiger partial charge in [-0.3, -0.25) is 28.9 Å². The van der Waals surface area contributed by atoms with E-state index in [2.05, 4.69) is 20.4 Å². The van der Waals surface area contributed by atoms with Gasteiger partial charge in [0.1, 0.15) is 29.2 Å². The summed E-state index contributed by atoms with van der Waals surface area (Å²) in [6.07, 6.45) is 6.05. The Morgan fingerprint density at radius 3 is 2.28 bits per heavy atom. The molecule has 72 heavy (non-hydrogen) atoms. The lowest BCUT2D eigenvalue weighted by Crippen LogP contribution is -2.49. The van der Waals surface area contributed by atoms with E-state index in [1.165, 1.54) is 11.0 Å². The summed E-state index contributed by atoms with van der Waals surface area (Å²) in [4.78, 5) is 54.2. The molecule has 0 saturated carbocycles. The molecule has 0 aliphatic carbocycles. The van der Waals surface area contributed by atoms with Crippen molar-refractivity contribution >= 4 is 46.4 Å². The van der Waals surface area contributed by atoms with Crippen LogP contribution < -0.4 is 24.6 Å². The zero-order valence-corrected chi connectivity index (χ0v) is 41.8. The van der Waals surface area contributed by atoms with E-state index in [4.69, 9.17) is 26.4 Å². The van der Waals surface area contributed by atoms with Crippen LogP contribution in [0.25, 0.3) is 5.69 Å². The van der Waals surface area contributed by atoms with Crippen molar-refractivity contribution in [1.82, 2.24) is 34.5 Å². The van der Waals surface area contributed by atoms with Gasteiger partial charge in [0.2, 0.25) is 11.8 Å². The number of carbonyl (C=O) groups is 3. The van der Waals surface area contributed by atoms with Crippen LogP contribution >= 0.6 is 12.2 Å². The van der Waals surface area contributed by atoms with E-state index >= 15 is 0 Å². The average molecular weight is 1010 g/mol. The quantitative estimate of drug-likeness (QED) is 0.0539. The maximum atomic E-state index is 14.1. The van der Waals surface area contributed by atoms with Crippen LogP contribution in [0.5, 0.6) is 11.5 Å². The van der Waals surface area contributed by atoms with Crippen LogP contribution in [0.1, 0.15) is 101 Å². The van der Waals surface area contributed by atoms with E-state index in [1.54, 1.807) is 78.6 Å². The molecular weight excluding hydrogens is 954 g/mol. The van der Waals surface area contributed by atoms with Crippen LogP contribution in [0.2, 0.25) is 0 Å². The van der Waals surface area contributed by atoms with E-state index in [1.807, 2.05) is 50.6 Å².